The molecule has 0 saturated heterocycles. The Morgan fingerprint density at radius 2 is 1.95 bits per heavy atom. The number of rotatable bonds is 4. The summed E-state index contributed by atoms with van der Waals surface area (Å²) in [7, 11) is 1.46. The van der Waals surface area contributed by atoms with E-state index in [1.54, 1.807) is 24.3 Å². The van der Waals surface area contributed by atoms with Gasteiger partial charge in [-0.1, -0.05) is 24.9 Å². The number of benzene rings is 1. The average Bonchev–Trinajstić information content (AvgIpc) is 2.76. The first kappa shape index (κ1) is 15.8. The molecule has 1 aromatic carbocycles. The zero-order valence-electron chi connectivity index (χ0n) is 11.0. The minimum atomic E-state index is -3.98. The van der Waals surface area contributed by atoms with E-state index in [0.717, 1.165) is 0 Å². The summed E-state index contributed by atoms with van der Waals surface area (Å²) in [6, 6.07) is 8.47. The third-order valence-corrected chi connectivity index (χ3v) is 4.67. The topological polar surface area (TPSA) is 75.8 Å². The van der Waals surface area contributed by atoms with Gasteiger partial charge < -0.3 is 0 Å². The van der Waals surface area contributed by atoms with E-state index < -0.39 is 9.05 Å². The minimum absolute atomic E-state index is 0.0573. The van der Waals surface area contributed by atoms with Crippen LogP contribution in [0.5, 0.6) is 0 Å². The summed E-state index contributed by atoms with van der Waals surface area (Å²) in [5, 5.41) is 13.0. The summed E-state index contributed by atoms with van der Waals surface area (Å²) < 4.78 is 24.7. The standard InChI is InChI=1S/C13H11Cl2N3O2S/c1-2-3-11-12(21(15,19)20)13(14)18(17-11)10-6-4-9(8-16)5-7-10/h4-7H,2-3H2,1H3. The molecule has 0 aliphatic heterocycles. The molecule has 21 heavy (non-hydrogen) atoms. The second kappa shape index (κ2) is 6.06. The maximum Gasteiger partial charge on any atom is 0.266 e. The first-order valence-corrected chi connectivity index (χ1v) is 8.79. The molecule has 0 aliphatic carbocycles. The highest BCUT2D eigenvalue weighted by Gasteiger charge is 2.26. The summed E-state index contributed by atoms with van der Waals surface area (Å²) in [6.07, 6.45) is 1.16. The van der Waals surface area contributed by atoms with E-state index in [0.29, 0.717) is 29.8 Å². The molecule has 1 aromatic heterocycles. The Morgan fingerprint density at radius 1 is 1.33 bits per heavy atom. The Morgan fingerprint density at radius 3 is 2.43 bits per heavy atom. The van der Waals surface area contributed by atoms with Gasteiger partial charge in [0.05, 0.1) is 23.0 Å². The van der Waals surface area contributed by atoms with Gasteiger partial charge in [-0.3, -0.25) is 0 Å². The Hall–Kier alpha value is -1.55. The fourth-order valence-corrected chi connectivity index (χ4v) is 3.78. The largest absolute Gasteiger partial charge is 0.266 e. The van der Waals surface area contributed by atoms with Gasteiger partial charge in [-0.05, 0) is 30.7 Å². The molecule has 0 bridgehead atoms. The van der Waals surface area contributed by atoms with Crippen LogP contribution in [0.2, 0.25) is 5.15 Å². The minimum Gasteiger partial charge on any atom is -0.221 e. The number of aromatic nitrogens is 2. The lowest BCUT2D eigenvalue weighted by molar-refractivity contribution is 0.608. The number of aryl methyl sites for hydroxylation is 1. The molecular weight excluding hydrogens is 333 g/mol. The molecule has 0 amide bonds. The molecule has 0 fully saturated rings. The van der Waals surface area contributed by atoms with Crippen molar-refractivity contribution < 1.29 is 8.42 Å². The number of nitriles is 1. The molecule has 0 aliphatic rings. The molecule has 2 rings (SSSR count). The van der Waals surface area contributed by atoms with Crippen molar-refractivity contribution in [1.82, 2.24) is 9.78 Å². The fraction of sp³-hybridized carbons (Fsp3) is 0.231. The third kappa shape index (κ3) is 3.21. The van der Waals surface area contributed by atoms with Crippen molar-refractivity contribution in [3.63, 3.8) is 0 Å². The van der Waals surface area contributed by atoms with Crippen LogP contribution >= 0.6 is 22.3 Å². The predicted octanol–water partition coefficient (Wildman–Crippen LogP) is 3.28. The average molecular weight is 344 g/mol. The van der Waals surface area contributed by atoms with Crippen molar-refractivity contribution in [2.75, 3.05) is 0 Å². The van der Waals surface area contributed by atoms with Crippen molar-refractivity contribution in [3.05, 3.63) is 40.7 Å². The maximum absolute atomic E-state index is 11.7. The van der Waals surface area contributed by atoms with E-state index >= 15 is 0 Å². The maximum atomic E-state index is 11.7. The number of hydrogen-bond acceptors (Lipinski definition) is 4. The number of hydrogen-bond donors (Lipinski definition) is 0. The predicted molar refractivity (Wildman–Crippen MR) is 80.3 cm³/mol. The van der Waals surface area contributed by atoms with Crippen LogP contribution in [-0.4, -0.2) is 18.2 Å². The van der Waals surface area contributed by atoms with Crippen LogP contribution in [0, 0.1) is 11.3 Å². The highest BCUT2D eigenvalue weighted by Crippen LogP contribution is 2.31. The van der Waals surface area contributed by atoms with E-state index in [9.17, 15) is 8.42 Å². The van der Waals surface area contributed by atoms with Crippen LogP contribution < -0.4 is 0 Å². The van der Waals surface area contributed by atoms with Gasteiger partial charge in [0.2, 0.25) is 0 Å². The summed E-state index contributed by atoms with van der Waals surface area (Å²) in [4.78, 5) is -0.156. The highest BCUT2D eigenvalue weighted by atomic mass is 35.7. The van der Waals surface area contributed by atoms with Crippen molar-refractivity contribution in [2.24, 2.45) is 0 Å². The Bertz CT molecular complexity index is 805. The third-order valence-electron chi connectivity index (χ3n) is 2.83. The van der Waals surface area contributed by atoms with Gasteiger partial charge in [-0.25, -0.2) is 13.1 Å². The summed E-state index contributed by atoms with van der Waals surface area (Å²) >= 11 is 6.13. The van der Waals surface area contributed by atoms with Gasteiger partial charge in [0.15, 0.2) is 5.15 Å². The molecule has 0 unspecified atom stereocenters. The van der Waals surface area contributed by atoms with Crippen LogP contribution in [0.3, 0.4) is 0 Å². The lowest BCUT2D eigenvalue weighted by Crippen LogP contribution is -1.97. The summed E-state index contributed by atoms with van der Waals surface area (Å²) in [5.41, 5.74) is 1.38. The molecule has 0 N–H and O–H groups in total. The Labute approximate surface area is 132 Å². The van der Waals surface area contributed by atoms with Gasteiger partial charge in [-0.2, -0.15) is 10.4 Å². The highest BCUT2D eigenvalue weighted by molar-refractivity contribution is 8.13. The fourth-order valence-electron chi connectivity index (χ4n) is 1.92. The van der Waals surface area contributed by atoms with E-state index in [-0.39, 0.29) is 10.0 Å². The van der Waals surface area contributed by atoms with Crippen LogP contribution in [-0.2, 0) is 15.5 Å². The molecular formula is C13H11Cl2N3O2S. The van der Waals surface area contributed by atoms with Crippen molar-refractivity contribution in [3.8, 4) is 11.8 Å². The summed E-state index contributed by atoms with van der Waals surface area (Å²) in [6.45, 7) is 1.90. The Kier molecular flexibility index (Phi) is 4.57. The molecule has 8 heteroatoms. The first-order valence-electron chi connectivity index (χ1n) is 6.11. The normalized spacial score (nSPS) is 11.3. The molecule has 0 spiro atoms. The van der Waals surface area contributed by atoms with Gasteiger partial charge in [-0.15, -0.1) is 0 Å². The number of halogens is 2. The lowest BCUT2D eigenvalue weighted by atomic mass is 10.2. The molecule has 5 nitrogen and oxygen atoms in total. The van der Waals surface area contributed by atoms with Crippen LogP contribution in [0.25, 0.3) is 5.69 Å². The molecule has 110 valence electrons. The van der Waals surface area contributed by atoms with E-state index in [1.165, 1.54) is 4.68 Å². The second-order valence-electron chi connectivity index (χ2n) is 4.32. The zero-order chi connectivity index (χ0) is 15.6. The first-order chi connectivity index (χ1) is 9.88. The van der Waals surface area contributed by atoms with Gasteiger partial charge in [0.25, 0.3) is 9.05 Å². The zero-order valence-corrected chi connectivity index (χ0v) is 13.4. The van der Waals surface area contributed by atoms with Gasteiger partial charge >= 0.3 is 0 Å². The SMILES string of the molecule is CCCc1nn(-c2ccc(C#N)cc2)c(Cl)c1S(=O)(=O)Cl. The van der Waals surface area contributed by atoms with E-state index in [2.05, 4.69) is 5.10 Å². The molecule has 1 heterocycles. The van der Waals surface area contributed by atoms with Crippen LogP contribution in [0.4, 0.5) is 0 Å². The quantitative estimate of drug-likeness (QED) is 0.798. The second-order valence-corrected chi connectivity index (χ2v) is 7.19. The van der Waals surface area contributed by atoms with Crippen molar-refractivity contribution >= 4 is 31.3 Å². The Balaban J connectivity index is 2.62. The lowest BCUT2D eigenvalue weighted by Gasteiger charge is -2.02. The van der Waals surface area contributed by atoms with Crippen molar-refractivity contribution in [2.45, 2.75) is 24.7 Å². The molecule has 0 saturated carbocycles. The van der Waals surface area contributed by atoms with E-state index in [1.807, 2.05) is 13.0 Å². The van der Waals surface area contributed by atoms with Crippen molar-refractivity contribution in [1.29, 1.82) is 5.26 Å². The molecule has 2 aromatic rings. The smallest absolute Gasteiger partial charge is 0.221 e. The van der Waals surface area contributed by atoms with Crippen LogP contribution in [0.1, 0.15) is 24.6 Å². The monoisotopic (exact) mass is 343 g/mol. The van der Waals surface area contributed by atoms with Crippen LogP contribution in [0.15, 0.2) is 29.2 Å². The molecule has 0 atom stereocenters. The van der Waals surface area contributed by atoms with E-state index in [4.69, 9.17) is 27.5 Å². The number of nitrogens with zero attached hydrogens (tertiary/aromatic N) is 3. The van der Waals surface area contributed by atoms with Gasteiger partial charge in [0.1, 0.15) is 4.90 Å². The van der Waals surface area contributed by atoms with Gasteiger partial charge in [0, 0.05) is 10.7 Å². The summed E-state index contributed by atoms with van der Waals surface area (Å²) in [5.74, 6) is 0. The molecule has 0 radical (unpaired) electrons.